The number of nitrogens with zero attached hydrogens (tertiary/aromatic N) is 2. The van der Waals surface area contributed by atoms with Crippen LogP contribution in [0.2, 0.25) is 0 Å². The van der Waals surface area contributed by atoms with Gasteiger partial charge in [-0.05, 0) is 55.2 Å². The summed E-state index contributed by atoms with van der Waals surface area (Å²) in [4.78, 5) is 17.7. The molecule has 2 aromatic rings. The Morgan fingerprint density at radius 2 is 1.84 bits per heavy atom. The summed E-state index contributed by atoms with van der Waals surface area (Å²) in [6.07, 6.45) is 6.68. The molecule has 1 aliphatic carbocycles. The lowest BCUT2D eigenvalue weighted by Gasteiger charge is -2.30. The number of rotatable bonds is 10. The van der Waals surface area contributed by atoms with Crippen molar-refractivity contribution in [1.82, 2.24) is 10.3 Å². The Morgan fingerprint density at radius 3 is 2.56 bits per heavy atom. The van der Waals surface area contributed by atoms with Crippen LogP contribution in [0.3, 0.4) is 0 Å². The number of amides is 1. The van der Waals surface area contributed by atoms with Crippen LogP contribution in [0.15, 0.2) is 58.6 Å². The summed E-state index contributed by atoms with van der Waals surface area (Å²) in [6.45, 7) is 0.734. The fourth-order valence-electron chi connectivity index (χ4n) is 3.97. The molecular formula is C23H28N4O3S2. The first-order valence-corrected chi connectivity index (χ1v) is 13.4. The van der Waals surface area contributed by atoms with E-state index in [0.29, 0.717) is 17.7 Å². The molecule has 2 atom stereocenters. The molecule has 9 heteroatoms. The van der Waals surface area contributed by atoms with Gasteiger partial charge in [0.1, 0.15) is 6.54 Å². The van der Waals surface area contributed by atoms with Gasteiger partial charge in [0.25, 0.3) is 0 Å². The van der Waals surface area contributed by atoms with Crippen LogP contribution in [0, 0.1) is 23.2 Å². The summed E-state index contributed by atoms with van der Waals surface area (Å²) in [7, 11) is -3.50. The molecule has 0 bridgehead atoms. The second-order valence-electron chi connectivity index (χ2n) is 7.79. The first kappa shape index (κ1) is 24.1. The Labute approximate surface area is 193 Å². The number of carbonyl (C=O) groups is 1. The van der Waals surface area contributed by atoms with E-state index in [1.165, 1.54) is 0 Å². The number of pyridine rings is 1. The zero-order valence-electron chi connectivity index (χ0n) is 17.9. The molecule has 1 saturated carbocycles. The van der Waals surface area contributed by atoms with Crippen LogP contribution in [0.5, 0.6) is 0 Å². The van der Waals surface area contributed by atoms with Crippen LogP contribution in [-0.2, 0) is 14.6 Å². The summed E-state index contributed by atoms with van der Waals surface area (Å²) >= 11 is 1.65. The minimum Gasteiger partial charge on any atom is -0.384 e. The molecule has 1 amide bonds. The van der Waals surface area contributed by atoms with Crippen molar-refractivity contribution in [2.45, 2.75) is 35.5 Å². The highest BCUT2D eigenvalue weighted by Gasteiger charge is 2.34. The number of carbonyl (C=O) groups excluding carboxylic acids is 1. The Morgan fingerprint density at radius 1 is 1.12 bits per heavy atom. The third-order valence-electron chi connectivity index (χ3n) is 5.58. The van der Waals surface area contributed by atoms with Gasteiger partial charge in [-0.1, -0.05) is 12.8 Å². The molecule has 1 aromatic heterocycles. The lowest BCUT2D eigenvalue weighted by Crippen LogP contribution is -2.39. The minimum atomic E-state index is -3.50. The number of hydrogen-bond donors (Lipinski definition) is 2. The molecule has 1 aliphatic rings. The lowest BCUT2D eigenvalue weighted by molar-refractivity contribution is -0.127. The van der Waals surface area contributed by atoms with Gasteiger partial charge in [-0.3, -0.25) is 9.78 Å². The Balaban J connectivity index is 1.54. The van der Waals surface area contributed by atoms with Crippen molar-refractivity contribution in [3.8, 4) is 6.07 Å². The standard InChI is InChI=1S/C23H28N4O3S2/c24-11-14-27-23(28)22-4-2-1-3-18(22)17-32(29,30)21-7-5-20(6-8-21)31-16-15-26-19-9-12-25-13-10-19/h5-10,12-13,18,22H,1-4,14-17H2,(H,25,26)(H,27,28)/t18-,22+/m1/s1. The van der Waals surface area contributed by atoms with Crippen LogP contribution < -0.4 is 10.6 Å². The molecule has 0 radical (unpaired) electrons. The van der Waals surface area contributed by atoms with Gasteiger partial charge in [-0.15, -0.1) is 11.8 Å². The van der Waals surface area contributed by atoms with Crippen molar-refractivity contribution in [2.24, 2.45) is 11.8 Å². The zero-order valence-corrected chi connectivity index (χ0v) is 19.5. The molecule has 2 N–H and O–H groups in total. The van der Waals surface area contributed by atoms with Crippen LogP contribution in [0.4, 0.5) is 5.69 Å². The van der Waals surface area contributed by atoms with Crippen molar-refractivity contribution >= 4 is 33.2 Å². The van der Waals surface area contributed by atoms with Crippen molar-refractivity contribution in [1.29, 1.82) is 5.26 Å². The number of benzene rings is 1. The second-order valence-corrected chi connectivity index (χ2v) is 11.0. The first-order valence-electron chi connectivity index (χ1n) is 10.7. The molecule has 3 rings (SSSR count). The fraction of sp³-hybridized carbons (Fsp3) is 0.435. The number of thioether (sulfide) groups is 1. The third-order valence-corrected chi connectivity index (χ3v) is 8.46. The molecule has 7 nitrogen and oxygen atoms in total. The molecule has 170 valence electrons. The maximum atomic E-state index is 13.0. The van der Waals surface area contributed by atoms with Gasteiger partial charge < -0.3 is 10.6 Å². The van der Waals surface area contributed by atoms with E-state index in [2.05, 4.69) is 15.6 Å². The summed E-state index contributed by atoms with van der Waals surface area (Å²) < 4.78 is 26.0. The number of nitrogens with one attached hydrogen (secondary N) is 2. The Bertz CT molecular complexity index is 1020. The van der Waals surface area contributed by atoms with Crippen molar-refractivity contribution in [2.75, 3.05) is 29.9 Å². The number of anilines is 1. The van der Waals surface area contributed by atoms with Gasteiger partial charge in [0.15, 0.2) is 9.84 Å². The molecule has 0 unspecified atom stereocenters. The quantitative estimate of drug-likeness (QED) is 0.309. The molecule has 0 aliphatic heterocycles. The molecule has 32 heavy (non-hydrogen) atoms. The van der Waals surface area contributed by atoms with Gasteiger partial charge in [-0.25, -0.2) is 8.42 Å². The summed E-state index contributed by atoms with van der Waals surface area (Å²) in [5, 5.41) is 14.6. The van der Waals surface area contributed by atoms with Crippen molar-refractivity contribution in [3.05, 3.63) is 48.8 Å². The molecule has 1 fully saturated rings. The largest absolute Gasteiger partial charge is 0.384 e. The summed E-state index contributed by atoms with van der Waals surface area (Å²) in [6, 6.07) is 12.7. The Kier molecular flexibility index (Phi) is 8.94. The SMILES string of the molecule is N#CCNC(=O)[C@H]1CCCC[C@@H]1CS(=O)(=O)c1ccc(SCCNc2ccncc2)cc1. The Hall–Kier alpha value is -2.57. The van der Waals surface area contributed by atoms with Crippen LogP contribution in [0.25, 0.3) is 0 Å². The molecule has 0 spiro atoms. The topological polar surface area (TPSA) is 112 Å². The van der Waals surface area contributed by atoms with Gasteiger partial charge in [-0.2, -0.15) is 5.26 Å². The third kappa shape index (κ3) is 6.97. The fourth-order valence-corrected chi connectivity index (χ4v) is 6.44. The van der Waals surface area contributed by atoms with Crippen LogP contribution >= 0.6 is 11.8 Å². The van der Waals surface area contributed by atoms with Gasteiger partial charge in [0, 0.05) is 41.2 Å². The van der Waals surface area contributed by atoms with Gasteiger partial charge in [0.05, 0.1) is 16.7 Å². The maximum absolute atomic E-state index is 13.0. The predicted molar refractivity (Wildman–Crippen MR) is 126 cm³/mol. The van der Waals surface area contributed by atoms with E-state index in [1.807, 2.05) is 30.3 Å². The van der Waals surface area contributed by atoms with Gasteiger partial charge in [0.2, 0.25) is 5.91 Å². The second kappa shape index (κ2) is 11.9. The summed E-state index contributed by atoms with van der Waals surface area (Å²) in [5.74, 6) is 0.0182. The van der Waals surface area contributed by atoms with E-state index in [0.717, 1.165) is 35.7 Å². The highest BCUT2D eigenvalue weighted by atomic mass is 32.2. The van der Waals surface area contributed by atoms with E-state index < -0.39 is 9.84 Å². The highest BCUT2D eigenvalue weighted by Crippen LogP contribution is 2.33. The maximum Gasteiger partial charge on any atom is 0.224 e. The number of aromatic nitrogens is 1. The minimum absolute atomic E-state index is 0.0417. The predicted octanol–water partition coefficient (Wildman–Crippen LogP) is 3.51. The van der Waals surface area contributed by atoms with E-state index in [9.17, 15) is 13.2 Å². The molecule has 0 saturated heterocycles. The monoisotopic (exact) mass is 472 g/mol. The smallest absolute Gasteiger partial charge is 0.224 e. The van der Waals surface area contributed by atoms with Crippen molar-refractivity contribution < 1.29 is 13.2 Å². The zero-order chi connectivity index (χ0) is 22.8. The van der Waals surface area contributed by atoms with Gasteiger partial charge >= 0.3 is 0 Å². The van der Waals surface area contributed by atoms with E-state index in [4.69, 9.17) is 5.26 Å². The average Bonchev–Trinajstić information content (AvgIpc) is 2.81. The molecule has 1 heterocycles. The van der Waals surface area contributed by atoms with Crippen LogP contribution in [-0.4, -0.2) is 43.9 Å². The van der Waals surface area contributed by atoms with Crippen LogP contribution in [0.1, 0.15) is 25.7 Å². The molecule has 1 aromatic carbocycles. The normalized spacial score (nSPS) is 18.5. The number of sulfone groups is 1. The average molecular weight is 473 g/mol. The van der Waals surface area contributed by atoms with E-state index in [-0.39, 0.29) is 30.0 Å². The van der Waals surface area contributed by atoms with Crippen molar-refractivity contribution in [3.63, 3.8) is 0 Å². The number of nitriles is 1. The highest BCUT2D eigenvalue weighted by molar-refractivity contribution is 7.99. The van der Waals surface area contributed by atoms with E-state index in [1.54, 1.807) is 36.3 Å². The lowest BCUT2D eigenvalue weighted by atomic mass is 9.80. The van der Waals surface area contributed by atoms with E-state index >= 15 is 0 Å². The number of hydrogen-bond acceptors (Lipinski definition) is 7. The summed E-state index contributed by atoms with van der Waals surface area (Å²) in [5.41, 5.74) is 1.02. The molecular weight excluding hydrogens is 444 g/mol. The first-order chi connectivity index (χ1) is 15.5.